The van der Waals surface area contributed by atoms with Crippen molar-refractivity contribution < 1.29 is 14.2 Å². The van der Waals surface area contributed by atoms with Gasteiger partial charge in [-0.3, -0.25) is 0 Å². The fourth-order valence-corrected chi connectivity index (χ4v) is 4.86. The number of allylic oxidation sites excluding steroid dienone is 1. The van der Waals surface area contributed by atoms with Crippen molar-refractivity contribution in [2.45, 2.75) is 45.5 Å². The Balaban J connectivity index is 1.58. The summed E-state index contributed by atoms with van der Waals surface area (Å²) in [5, 5.41) is 0. The van der Waals surface area contributed by atoms with Gasteiger partial charge in [-0.1, -0.05) is 35.9 Å². The number of ether oxygens (including phenoxy) is 3. The molecule has 0 radical (unpaired) electrons. The summed E-state index contributed by atoms with van der Waals surface area (Å²) in [6, 6.07) is 23.4. The molecule has 0 spiro atoms. The lowest BCUT2D eigenvalue weighted by Gasteiger charge is -2.31. The van der Waals surface area contributed by atoms with Gasteiger partial charge in [0.05, 0.1) is 6.61 Å². The van der Waals surface area contributed by atoms with E-state index >= 15 is 0 Å². The Morgan fingerprint density at radius 3 is 2.56 bits per heavy atom. The minimum Gasteiger partial charge on any atom is -0.480 e. The summed E-state index contributed by atoms with van der Waals surface area (Å²) >= 11 is 2.34. The van der Waals surface area contributed by atoms with Gasteiger partial charge in [-0.15, -0.1) is 0 Å². The SMILES string of the molecule is CC1=C(c2cccc(OC3CCCCO3)c2)C(c2ccc(I)cc2)Oc2ccc(C)cc21. The van der Waals surface area contributed by atoms with Crippen LogP contribution in [-0.2, 0) is 4.74 Å². The van der Waals surface area contributed by atoms with Gasteiger partial charge < -0.3 is 14.2 Å². The largest absolute Gasteiger partial charge is 0.480 e. The molecule has 3 aromatic rings. The van der Waals surface area contributed by atoms with E-state index < -0.39 is 0 Å². The van der Waals surface area contributed by atoms with Crippen LogP contribution in [0.2, 0.25) is 0 Å². The quantitative estimate of drug-likeness (QED) is 0.321. The van der Waals surface area contributed by atoms with E-state index in [0.29, 0.717) is 0 Å². The average molecular weight is 538 g/mol. The van der Waals surface area contributed by atoms with Gasteiger partial charge in [0.2, 0.25) is 0 Å². The number of halogens is 1. The molecule has 2 aliphatic heterocycles. The Kier molecular flexibility index (Phi) is 6.24. The molecular formula is C28H27IO3. The molecule has 0 aliphatic carbocycles. The van der Waals surface area contributed by atoms with Crippen molar-refractivity contribution >= 4 is 33.7 Å². The number of hydrogen-bond donors (Lipinski definition) is 0. The van der Waals surface area contributed by atoms with E-state index in [2.05, 4.69) is 97.1 Å². The fraction of sp³-hybridized carbons (Fsp3) is 0.286. The number of hydrogen-bond acceptors (Lipinski definition) is 3. The highest BCUT2D eigenvalue weighted by atomic mass is 127. The maximum Gasteiger partial charge on any atom is 0.199 e. The van der Waals surface area contributed by atoms with Gasteiger partial charge in [0.1, 0.15) is 17.6 Å². The second-order valence-corrected chi connectivity index (χ2v) is 9.78. The maximum absolute atomic E-state index is 6.61. The van der Waals surface area contributed by atoms with E-state index in [4.69, 9.17) is 14.2 Å². The van der Waals surface area contributed by atoms with Crippen molar-refractivity contribution in [1.82, 2.24) is 0 Å². The van der Waals surface area contributed by atoms with Gasteiger partial charge in [-0.25, -0.2) is 0 Å². The third-order valence-electron chi connectivity index (χ3n) is 6.17. The lowest BCUT2D eigenvalue weighted by atomic mass is 9.86. The van der Waals surface area contributed by atoms with Crippen LogP contribution in [-0.4, -0.2) is 12.9 Å². The van der Waals surface area contributed by atoms with Crippen LogP contribution >= 0.6 is 22.6 Å². The number of benzene rings is 3. The molecule has 1 fully saturated rings. The number of rotatable bonds is 4. The summed E-state index contributed by atoms with van der Waals surface area (Å²) in [5.74, 6) is 1.77. The molecule has 2 heterocycles. The highest BCUT2D eigenvalue weighted by Gasteiger charge is 2.29. The smallest absolute Gasteiger partial charge is 0.199 e. The highest BCUT2D eigenvalue weighted by molar-refractivity contribution is 14.1. The average Bonchev–Trinajstić information content (AvgIpc) is 2.81. The molecule has 4 heteroatoms. The summed E-state index contributed by atoms with van der Waals surface area (Å²) in [6.07, 6.45) is 2.86. The predicted molar refractivity (Wildman–Crippen MR) is 137 cm³/mol. The van der Waals surface area contributed by atoms with Crippen LogP contribution < -0.4 is 9.47 Å². The van der Waals surface area contributed by atoms with Gasteiger partial charge in [-0.05, 0) is 102 Å². The first-order valence-electron chi connectivity index (χ1n) is 11.2. The van der Waals surface area contributed by atoms with Gasteiger partial charge in [0.15, 0.2) is 6.29 Å². The number of aryl methyl sites for hydroxylation is 1. The maximum atomic E-state index is 6.61. The Labute approximate surface area is 203 Å². The van der Waals surface area contributed by atoms with Crippen LogP contribution in [0.3, 0.4) is 0 Å². The van der Waals surface area contributed by atoms with Crippen molar-refractivity contribution in [1.29, 1.82) is 0 Å². The minimum absolute atomic E-state index is 0.160. The first kappa shape index (κ1) is 21.5. The van der Waals surface area contributed by atoms with Gasteiger partial charge >= 0.3 is 0 Å². The van der Waals surface area contributed by atoms with Crippen LogP contribution in [0, 0.1) is 10.5 Å². The summed E-state index contributed by atoms with van der Waals surface area (Å²) in [6.45, 7) is 5.10. The Morgan fingerprint density at radius 1 is 0.938 bits per heavy atom. The van der Waals surface area contributed by atoms with Crippen LogP contribution in [0.15, 0.2) is 66.7 Å². The monoisotopic (exact) mass is 538 g/mol. The fourth-order valence-electron chi connectivity index (χ4n) is 4.50. The van der Waals surface area contributed by atoms with Crippen LogP contribution in [0.4, 0.5) is 0 Å². The molecule has 2 aliphatic rings. The van der Waals surface area contributed by atoms with Crippen LogP contribution in [0.5, 0.6) is 11.5 Å². The summed E-state index contributed by atoms with van der Waals surface area (Å²) < 4.78 is 19.8. The van der Waals surface area contributed by atoms with Crippen LogP contribution in [0.1, 0.15) is 54.5 Å². The van der Waals surface area contributed by atoms with Crippen molar-refractivity contribution in [3.8, 4) is 11.5 Å². The molecule has 2 atom stereocenters. The first-order valence-corrected chi connectivity index (χ1v) is 12.3. The Hall–Kier alpha value is -2.31. The Bertz CT molecular complexity index is 1140. The Morgan fingerprint density at radius 2 is 1.78 bits per heavy atom. The van der Waals surface area contributed by atoms with Gasteiger partial charge in [0.25, 0.3) is 0 Å². The number of fused-ring (bicyclic) bond motifs is 1. The molecule has 1 saturated heterocycles. The first-order chi connectivity index (χ1) is 15.6. The standard InChI is InChI=1S/C28H27IO3/c1-18-9-14-25-24(16-18)19(2)27(28(32-25)20-10-12-22(29)13-11-20)21-6-5-7-23(17-21)31-26-8-3-4-15-30-26/h5-7,9-14,16-17,26,28H,3-4,8,15H2,1-2H3. The molecule has 0 aromatic heterocycles. The summed E-state index contributed by atoms with van der Waals surface area (Å²) in [7, 11) is 0. The summed E-state index contributed by atoms with van der Waals surface area (Å²) in [4.78, 5) is 0. The zero-order chi connectivity index (χ0) is 22.1. The molecule has 164 valence electrons. The van der Waals surface area contributed by atoms with Crippen molar-refractivity contribution in [3.05, 3.63) is 92.6 Å². The predicted octanol–water partition coefficient (Wildman–Crippen LogP) is 7.57. The second kappa shape index (κ2) is 9.28. The molecule has 0 saturated carbocycles. The molecule has 3 aromatic carbocycles. The van der Waals surface area contributed by atoms with E-state index in [9.17, 15) is 0 Å². The van der Waals surface area contributed by atoms with Crippen molar-refractivity contribution in [2.75, 3.05) is 6.61 Å². The van der Waals surface area contributed by atoms with Crippen LogP contribution in [0.25, 0.3) is 11.1 Å². The molecule has 5 rings (SSSR count). The molecule has 0 amide bonds. The highest BCUT2D eigenvalue weighted by Crippen LogP contribution is 2.47. The zero-order valence-corrected chi connectivity index (χ0v) is 20.6. The van der Waals surface area contributed by atoms with E-state index in [-0.39, 0.29) is 12.4 Å². The molecule has 0 N–H and O–H groups in total. The van der Waals surface area contributed by atoms with E-state index in [1.165, 1.54) is 20.3 Å². The lowest BCUT2D eigenvalue weighted by molar-refractivity contribution is -0.105. The molecule has 3 nitrogen and oxygen atoms in total. The lowest BCUT2D eigenvalue weighted by Crippen LogP contribution is -2.25. The van der Waals surface area contributed by atoms with E-state index in [1.54, 1.807) is 0 Å². The molecule has 32 heavy (non-hydrogen) atoms. The van der Waals surface area contributed by atoms with Crippen molar-refractivity contribution in [3.63, 3.8) is 0 Å². The van der Waals surface area contributed by atoms with Gasteiger partial charge in [-0.2, -0.15) is 0 Å². The third-order valence-corrected chi connectivity index (χ3v) is 6.89. The van der Waals surface area contributed by atoms with E-state index in [1.807, 2.05) is 6.07 Å². The molecule has 0 bridgehead atoms. The summed E-state index contributed by atoms with van der Waals surface area (Å²) in [5.41, 5.74) is 7.07. The second-order valence-electron chi connectivity index (χ2n) is 8.53. The van der Waals surface area contributed by atoms with Crippen molar-refractivity contribution in [2.24, 2.45) is 0 Å². The minimum atomic E-state index is -0.177. The third kappa shape index (κ3) is 4.44. The topological polar surface area (TPSA) is 27.7 Å². The molecule has 2 unspecified atom stereocenters. The molecular weight excluding hydrogens is 511 g/mol. The van der Waals surface area contributed by atoms with E-state index in [0.717, 1.165) is 54.1 Å². The van der Waals surface area contributed by atoms with Gasteiger partial charge in [0, 0.05) is 21.1 Å². The zero-order valence-electron chi connectivity index (χ0n) is 18.4. The normalized spacial score (nSPS) is 20.5.